The Labute approximate surface area is 156 Å². The molecule has 132 valence electrons. The molecule has 0 amide bonds. The number of hydrogen-bond acceptors (Lipinski definition) is 6. The zero-order valence-corrected chi connectivity index (χ0v) is 15.6. The van der Waals surface area contributed by atoms with Crippen LogP contribution in [-0.2, 0) is 12.8 Å². The highest BCUT2D eigenvalue weighted by Gasteiger charge is 2.13. The summed E-state index contributed by atoms with van der Waals surface area (Å²) in [4.78, 5) is 17.4. The van der Waals surface area contributed by atoms with E-state index in [1.807, 2.05) is 19.4 Å². The third kappa shape index (κ3) is 3.04. The van der Waals surface area contributed by atoms with Crippen LogP contribution in [-0.4, -0.2) is 24.1 Å². The van der Waals surface area contributed by atoms with Crippen molar-refractivity contribution in [3.63, 3.8) is 0 Å². The molecule has 4 rings (SSSR count). The van der Waals surface area contributed by atoms with Crippen LogP contribution in [0.15, 0.2) is 45.7 Å². The molecule has 0 radical (unpaired) electrons. The summed E-state index contributed by atoms with van der Waals surface area (Å²) in [5.41, 5.74) is 2.16. The molecule has 0 bridgehead atoms. The Hall–Kier alpha value is -2.52. The Bertz CT molecular complexity index is 1160. The summed E-state index contributed by atoms with van der Waals surface area (Å²) in [6, 6.07) is 7.79. The average molecular weight is 387 g/mol. The first-order valence-corrected chi connectivity index (χ1v) is 9.64. The van der Waals surface area contributed by atoms with Gasteiger partial charge in [-0.1, -0.05) is 23.9 Å². The Morgan fingerprint density at radius 1 is 1.27 bits per heavy atom. The van der Waals surface area contributed by atoms with Gasteiger partial charge in [0.05, 0.1) is 5.69 Å². The summed E-state index contributed by atoms with van der Waals surface area (Å²) >= 11 is 2.88. The Morgan fingerprint density at radius 2 is 2.12 bits per heavy atom. The first-order chi connectivity index (χ1) is 12.5. The summed E-state index contributed by atoms with van der Waals surface area (Å²) in [6.07, 6.45) is 0. The Kier molecular flexibility index (Phi) is 4.33. The summed E-state index contributed by atoms with van der Waals surface area (Å²) < 4.78 is 16.8. The molecule has 4 aromatic rings. The smallest absolute Gasteiger partial charge is 0.258 e. The van der Waals surface area contributed by atoms with Gasteiger partial charge in [-0.3, -0.25) is 9.20 Å². The Balaban J connectivity index is 1.58. The van der Waals surface area contributed by atoms with Crippen molar-refractivity contribution in [1.82, 2.24) is 24.1 Å². The van der Waals surface area contributed by atoms with Crippen LogP contribution < -0.4 is 5.56 Å². The number of rotatable bonds is 4. The molecule has 0 saturated heterocycles. The van der Waals surface area contributed by atoms with Gasteiger partial charge in [0.15, 0.2) is 15.9 Å². The van der Waals surface area contributed by atoms with E-state index in [0.29, 0.717) is 33.0 Å². The molecular weight excluding hydrogens is 373 g/mol. The van der Waals surface area contributed by atoms with Crippen LogP contribution in [0.1, 0.15) is 11.4 Å². The van der Waals surface area contributed by atoms with E-state index < -0.39 is 0 Å². The molecule has 9 heteroatoms. The molecule has 0 aliphatic heterocycles. The van der Waals surface area contributed by atoms with Gasteiger partial charge in [-0.25, -0.2) is 9.37 Å². The van der Waals surface area contributed by atoms with Crippen LogP contribution in [0.5, 0.6) is 0 Å². The van der Waals surface area contributed by atoms with Crippen LogP contribution in [0.2, 0.25) is 0 Å². The quantitative estimate of drug-likeness (QED) is 0.503. The molecule has 3 heterocycles. The molecule has 1 aromatic carbocycles. The van der Waals surface area contributed by atoms with Gasteiger partial charge in [0.2, 0.25) is 0 Å². The molecule has 26 heavy (non-hydrogen) atoms. The molecule has 0 aliphatic carbocycles. The van der Waals surface area contributed by atoms with Crippen molar-refractivity contribution in [1.29, 1.82) is 0 Å². The molecule has 0 unspecified atom stereocenters. The minimum Gasteiger partial charge on any atom is -0.305 e. The molecular formula is C17H14FN5OS2. The lowest BCUT2D eigenvalue weighted by molar-refractivity contribution is 0.628. The van der Waals surface area contributed by atoms with Crippen molar-refractivity contribution < 1.29 is 4.39 Å². The number of fused-ring (bicyclic) bond motifs is 1. The number of thioether (sulfide) groups is 1. The third-order valence-corrected chi connectivity index (χ3v) is 5.89. The normalized spacial score (nSPS) is 11.3. The lowest BCUT2D eigenvalue weighted by Crippen LogP contribution is -2.14. The maximum Gasteiger partial charge on any atom is 0.258 e. The van der Waals surface area contributed by atoms with Crippen molar-refractivity contribution >= 4 is 28.1 Å². The maximum absolute atomic E-state index is 13.4. The standard InChI is InChI=1S/C17H14FN5OS2/c1-10-8-25-16-19-13(7-14(24)23(10)16)9-26-17-21-20-15(22(17)2)11-4-3-5-12(18)6-11/h3-8H,9H2,1-2H3. The molecule has 0 fully saturated rings. The average Bonchev–Trinajstić information content (AvgIpc) is 3.16. The number of aryl methyl sites for hydroxylation is 1. The van der Waals surface area contributed by atoms with Crippen LogP contribution in [0.25, 0.3) is 16.3 Å². The summed E-state index contributed by atoms with van der Waals surface area (Å²) in [6.45, 7) is 1.88. The lowest BCUT2D eigenvalue weighted by Gasteiger charge is -2.04. The number of hydrogen-bond donors (Lipinski definition) is 0. The monoisotopic (exact) mass is 387 g/mol. The molecule has 3 aromatic heterocycles. The number of halogens is 1. The van der Waals surface area contributed by atoms with Gasteiger partial charge in [-0.15, -0.1) is 21.5 Å². The van der Waals surface area contributed by atoms with Gasteiger partial charge < -0.3 is 4.57 Å². The van der Waals surface area contributed by atoms with Crippen LogP contribution in [0.3, 0.4) is 0 Å². The molecule has 0 atom stereocenters. The molecule has 0 aliphatic rings. The van der Waals surface area contributed by atoms with Crippen molar-refractivity contribution in [2.45, 2.75) is 17.8 Å². The molecule has 0 N–H and O–H groups in total. The van der Waals surface area contributed by atoms with Crippen molar-refractivity contribution in [3.8, 4) is 11.4 Å². The van der Waals surface area contributed by atoms with E-state index in [1.165, 1.54) is 35.2 Å². The number of aromatic nitrogens is 5. The predicted molar refractivity (Wildman–Crippen MR) is 100 cm³/mol. The minimum absolute atomic E-state index is 0.0808. The number of nitrogens with zero attached hydrogens (tertiary/aromatic N) is 5. The second kappa shape index (κ2) is 6.65. The van der Waals surface area contributed by atoms with E-state index in [9.17, 15) is 9.18 Å². The Morgan fingerprint density at radius 3 is 2.92 bits per heavy atom. The van der Waals surface area contributed by atoms with Gasteiger partial charge in [0.1, 0.15) is 5.82 Å². The summed E-state index contributed by atoms with van der Waals surface area (Å²) in [7, 11) is 1.83. The SMILES string of the molecule is Cc1csc2nc(CSc3nnc(-c4cccc(F)c4)n3C)cc(=O)n12. The zero-order chi connectivity index (χ0) is 18.3. The third-order valence-electron chi connectivity index (χ3n) is 3.90. The topological polar surface area (TPSA) is 65.1 Å². The lowest BCUT2D eigenvalue weighted by atomic mass is 10.2. The van der Waals surface area contributed by atoms with E-state index in [0.717, 1.165) is 5.69 Å². The van der Waals surface area contributed by atoms with Crippen LogP contribution >= 0.6 is 23.1 Å². The second-order valence-electron chi connectivity index (χ2n) is 5.75. The van der Waals surface area contributed by atoms with Crippen molar-refractivity contribution in [3.05, 3.63) is 63.3 Å². The zero-order valence-electron chi connectivity index (χ0n) is 14.0. The molecule has 6 nitrogen and oxygen atoms in total. The van der Waals surface area contributed by atoms with Gasteiger partial charge in [-0.2, -0.15) is 0 Å². The maximum atomic E-state index is 13.4. The second-order valence-corrected chi connectivity index (χ2v) is 7.52. The molecule has 0 spiro atoms. The van der Waals surface area contributed by atoms with Crippen LogP contribution in [0.4, 0.5) is 4.39 Å². The van der Waals surface area contributed by atoms with Crippen molar-refractivity contribution in [2.75, 3.05) is 0 Å². The fourth-order valence-corrected chi connectivity index (χ4v) is 4.33. The highest BCUT2D eigenvalue weighted by atomic mass is 32.2. The van der Waals surface area contributed by atoms with Gasteiger partial charge in [0.25, 0.3) is 5.56 Å². The summed E-state index contributed by atoms with van der Waals surface area (Å²) in [5, 5.41) is 10.9. The van der Waals surface area contributed by atoms with E-state index >= 15 is 0 Å². The minimum atomic E-state index is -0.316. The first kappa shape index (κ1) is 16.9. The first-order valence-electron chi connectivity index (χ1n) is 7.78. The van der Waals surface area contributed by atoms with E-state index in [2.05, 4.69) is 15.2 Å². The highest BCUT2D eigenvalue weighted by Crippen LogP contribution is 2.25. The van der Waals surface area contributed by atoms with Crippen LogP contribution in [0, 0.1) is 12.7 Å². The van der Waals surface area contributed by atoms with E-state index in [1.54, 1.807) is 27.2 Å². The fourth-order valence-electron chi connectivity index (χ4n) is 2.63. The van der Waals surface area contributed by atoms with E-state index in [-0.39, 0.29) is 11.4 Å². The number of benzene rings is 1. The van der Waals surface area contributed by atoms with Gasteiger partial charge in [-0.05, 0) is 19.1 Å². The van der Waals surface area contributed by atoms with E-state index in [4.69, 9.17) is 0 Å². The molecule has 0 saturated carbocycles. The van der Waals surface area contributed by atoms with Gasteiger partial charge in [0, 0.05) is 35.5 Å². The number of thiazole rings is 1. The van der Waals surface area contributed by atoms with Crippen molar-refractivity contribution in [2.24, 2.45) is 7.05 Å². The largest absolute Gasteiger partial charge is 0.305 e. The highest BCUT2D eigenvalue weighted by molar-refractivity contribution is 7.98. The summed E-state index contributed by atoms with van der Waals surface area (Å²) in [5.74, 6) is 0.769. The predicted octanol–water partition coefficient (Wildman–Crippen LogP) is 3.29. The fraction of sp³-hybridized carbons (Fsp3) is 0.176. The van der Waals surface area contributed by atoms with Gasteiger partial charge >= 0.3 is 0 Å².